The number of allylic oxidation sites excluding steroid dienone is 2. The normalized spacial score (nSPS) is 15.9. The van der Waals surface area contributed by atoms with Crippen molar-refractivity contribution < 1.29 is 14.0 Å². The Balaban J connectivity index is 1.36. The minimum Gasteiger partial charge on any atom is -0.497 e. The van der Waals surface area contributed by atoms with E-state index in [1.165, 1.54) is 0 Å². The highest BCUT2D eigenvalue weighted by molar-refractivity contribution is 7.90. The number of rotatable bonds is 7. The molecule has 9 nitrogen and oxygen atoms in total. The van der Waals surface area contributed by atoms with Gasteiger partial charge in [-0.05, 0) is 78.9 Å². The molecule has 1 aliphatic carbocycles. The summed E-state index contributed by atoms with van der Waals surface area (Å²) in [6, 6.07) is 24.9. The first-order valence-electron chi connectivity index (χ1n) is 13.4. The number of nitrogens with zero attached hydrogens (tertiary/aromatic N) is 6. The highest BCUT2D eigenvalue weighted by Crippen LogP contribution is 2.75. The highest BCUT2D eigenvalue weighted by Gasteiger charge is 2.48. The van der Waals surface area contributed by atoms with Gasteiger partial charge in [0.1, 0.15) is 22.9 Å². The van der Waals surface area contributed by atoms with Crippen molar-refractivity contribution in [1.29, 1.82) is 0 Å². The molecule has 2 aliphatic rings. The van der Waals surface area contributed by atoms with E-state index in [0.29, 0.717) is 11.4 Å². The summed E-state index contributed by atoms with van der Waals surface area (Å²) in [5.41, 5.74) is 5.08. The maximum absolute atomic E-state index is 15.6. The van der Waals surface area contributed by atoms with Gasteiger partial charge in [0.25, 0.3) is 0 Å². The zero-order valence-corrected chi connectivity index (χ0v) is 23.5. The minimum atomic E-state index is -3.36. The Hall–Kier alpha value is -4.75. The SMILES string of the molecule is COc1ccc(-n2cc(C3=C4CCCC4=C(c4cn(-c5ccc(OC)cc5)nn4)P3(=O)c3ccccc3)nn2)cc1. The largest absolute Gasteiger partial charge is 0.497 e. The van der Waals surface area contributed by atoms with E-state index in [2.05, 4.69) is 20.6 Å². The lowest BCUT2D eigenvalue weighted by atomic mass is 10.1. The Bertz CT molecular complexity index is 1740. The van der Waals surface area contributed by atoms with Gasteiger partial charge in [0, 0.05) is 5.30 Å². The summed E-state index contributed by atoms with van der Waals surface area (Å²) < 4.78 is 29.7. The van der Waals surface area contributed by atoms with Gasteiger partial charge in [0.15, 0.2) is 7.14 Å². The van der Waals surface area contributed by atoms with Crippen LogP contribution in [0, 0.1) is 0 Å². The molecule has 2 aromatic heterocycles. The first-order valence-corrected chi connectivity index (χ1v) is 15.1. The van der Waals surface area contributed by atoms with Crippen molar-refractivity contribution in [1.82, 2.24) is 30.0 Å². The number of benzene rings is 3. The van der Waals surface area contributed by atoms with Crippen LogP contribution in [0.4, 0.5) is 0 Å². The summed E-state index contributed by atoms with van der Waals surface area (Å²) in [6.07, 6.45) is 6.37. The van der Waals surface area contributed by atoms with Crippen LogP contribution in [0.15, 0.2) is 102 Å². The molecule has 5 aromatic rings. The first-order chi connectivity index (χ1) is 20.1. The summed E-state index contributed by atoms with van der Waals surface area (Å²) in [5.74, 6) is 1.52. The van der Waals surface area contributed by atoms with Crippen molar-refractivity contribution >= 4 is 23.1 Å². The summed E-state index contributed by atoms with van der Waals surface area (Å²) >= 11 is 0. The predicted octanol–water partition coefficient (Wildman–Crippen LogP) is 5.87. The predicted molar refractivity (Wildman–Crippen MR) is 157 cm³/mol. The van der Waals surface area contributed by atoms with E-state index >= 15 is 4.57 Å². The van der Waals surface area contributed by atoms with Crippen LogP contribution < -0.4 is 14.8 Å². The molecule has 7 rings (SSSR count). The average Bonchev–Trinajstić information content (AvgIpc) is 3.83. The number of hydrogen-bond donors (Lipinski definition) is 0. The molecular weight excluding hydrogens is 535 g/mol. The molecule has 10 heteroatoms. The Morgan fingerprint density at radius 1 is 0.659 bits per heavy atom. The molecule has 1 aliphatic heterocycles. The van der Waals surface area contributed by atoms with E-state index in [4.69, 9.17) is 9.47 Å². The Morgan fingerprint density at radius 2 is 1.12 bits per heavy atom. The molecule has 3 heterocycles. The molecule has 3 aromatic carbocycles. The smallest absolute Gasteiger partial charge is 0.176 e. The summed E-state index contributed by atoms with van der Waals surface area (Å²) in [6.45, 7) is 0. The van der Waals surface area contributed by atoms with Gasteiger partial charge in [0.2, 0.25) is 0 Å². The lowest BCUT2D eigenvalue weighted by Crippen LogP contribution is -2.07. The van der Waals surface area contributed by atoms with Crippen LogP contribution in [0.1, 0.15) is 30.7 Å². The second kappa shape index (κ2) is 10.0. The van der Waals surface area contributed by atoms with Gasteiger partial charge in [-0.2, -0.15) is 0 Å². The fourth-order valence-corrected chi connectivity index (χ4v) is 9.19. The fourth-order valence-electron chi connectivity index (χ4n) is 5.75. The Kier molecular flexibility index (Phi) is 6.16. The monoisotopic (exact) mass is 562 g/mol. The molecular formula is C31H27N6O3P. The van der Waals surface area contributed by atoms with Crippen LogP contribution in [-0.2, 0) is 4.57 Å². The van der Waals surface area contributed by atoms with Gasteiger partial charge < -0.3 is 14.0 Å². The van der Waals surface area contributed by atoms with Crippen molar-refractivity contribution in [2.75, 3.05) is 14.2 Å². The van der Waals surface area contributed by atoms with E-state index in [1.807, 2.05) is 91.3 Å². The van der Waals surface area contributed by atoms with Crippen LogP contribution >= 0.6 is 7.14 Å². The van der Waals surface area contributed by atoms with E-state index in [0.717, 1.165) is 69.2 Å². The van der Waals surface area contributed by atoms with Crippen LogP contribution in [0.3, 0.4) is 0 Å². The maximum atomic E-state index is 15.6. The Morgan fingerprint density at radius 3 is 1.56 bits per heavy atom. The minimum absolute atomic E-state index is 0.611. The number of hydrogen-bond acceptors (Lipinski definition) is 7. The molecule has 0 saturated heterocycles. The van der Waals surface area contributed by atoms with Gasteiger partial charge in [-0.15, -0.1) is 10.2 Å². The third kappa shape index (κ3) is 4.12. The standard InChI is InChI=1S/C31H27N6O3P/c1-39-23-15-11-21(12-16-23)36-19-28(32-34-36)30-26-9-6-10-27(26)31(41(30,38)25-7-4-3-5-8-25)29-20-37(35-33-29)22-13-17-24(40-2)18-14-22/h3-5,7-8,11-20H,6,9-10H2,1-2H3. The second-order valence-corrected chi connectivity index (χ2v) is 12.6. The number of fused-ring (bicyclic) bond motifs is 1. The van der Waals surface area contributed by atoms with Gasteiger partial charge in [0.05, 0.1) is 48.6 Å². The van der Waals surface area contributed by atoms with Crippen molar-refractivity contribution in [2.45, 2.75) is 19.3 Å². The molecule has 0 bridgehead atoms. The quantitative estimate of drug-likeness (QED) is 0.229. The fraction of sp³-hybridized carbons (Fsp3) is 0.161. The van der Waals surface area contributed by atoms with Gasteiger partial charge in [-0.25, -0.2) is 9.36 Å². The Labute approximate surface area is 237 Å². The molecule has 0 atom stereocenters. The number of methoxy groups -OCH3 is 2. The lowest BCUT2D eigenvalue weighted by molar-refractivity contribution is 0.414. The molecule has 0 amide bonds. The van der Waals surface area contributed by atoms with Crippen LogP contribution in [0.5, 0.6) is 11.5 Å². The molecule has 41 heavy (non-hydrogen) atoms. The third-order valence-corrected chi connectivity index (χ3v) is 11.0. The molecule has 1 saturated carbocycles. The second-order valence-electron chi connectivity index (χ2n) is 9.95. The maximum Gasteiger partial charge on any atom is 0.176 e. The van der Waals surface area contributed by atoms with Crippen molar-refractivity contribution in [2.24, 2.45) is 0 Å². The van der Waals surface area contributed by atoms with Crippen molar-refractivity contribution in [3.63, 3.8) is 0 Å². The van der Waals surface area contributed by atoms with Crippen LogP contribution in [0.25, 0.3) is 22.0 Å². The van der Waals surface area contributed by atoms with Crippen LogP contribution in [0.2, 0.25) is 0 Å². The highest BCUT2D eigenvalue weighted by atomic mass is 31.2. The van der Waals surface area contributed by atoms with E-state index in [-0.39, 0.29) is 0 Å². The summed E-state index contributed by atoms with van der Waals surface area (Å²) in [4.78, 5) is 0. The average molecular weight is 563 g/mol. The van der Waals surface area contributed by atoms with Crippen molar-refractivity contribution in [3.05, 3.63) is 114 Å². The molecule has 1 fully saturated rings. The summed E-state index contributed by atoms with van der Waals surface area (Å²) in [5, 5.41) is 20.2. The topological polar surface area (TPSA) is 97.0 Å². The molecule has 0 radical (unpaired) electrons. The zero-order valence-electron chi connectivity index (χ0n) is 22.6. The van der Waals surface area contributed by atoms with E-state index < -0.39 is 7.14 Å². The third-order valence-electron chi connectivity index (χ3n) is 7.69. The lowest BCUT2D eigenvalue weighted by Gasteiger charge is -2.20. The molecule has 204 valence electrons. The first kappa shape index (κ1) is 25.2. The van der Waals surface area contributed by atoms with E-state index in [1.54, 1.807) is 23.6 Å². The van der Waals surface area contributed by atoms with Crippen molar-refractivity contribution in [3.8, 4) is 22.9 Å². The summed E-state index contributed by atoms with van der Waals surface area (Å²) in [7, 11) is -0.0865. The molecule has 0 unspecified atom stereocenters. The van der Waals surface area contributed by atoms with Gasteiger partial charge >= 0.3 is 0 Å². The zero-order chi connectivity index (χ0) is 28.0. The van der Waals surface area contributed by atoms with Gasteiger partial charge in [-0.3, -0.25) is 0 Å². The molecule has 0 N–H and O–H groups in total. The van der Waals surface area contributed by atoms with Gasteiger partial charge in [-0.1, -0.05) is 40.8 Å². The number of aromatic nitrogens is 6. The number of ether oxygens (including phenoxy) is 2. The molecule has 0 spiro atoms. The van der Waals surface area contributed by atoms with Crippen LogP contribution in [-0.4, -0.2) is 44.2 Å². The van der Waals surface area contributed by atoms with E-state index in [9.17, 15) is 0 Å².